The molecule has 0 atom stereocenters. The summed E-state index contributed by atoms with van der Waals surface area (Å²) in [6.45, 7) is 4.33. The molecule has 5 heteroatoms. The molecule has 1 amide bonds. The Bertz CT molecular complexity index is 517. The van der Waals surface area contributed by atoms with E-state index in [9.17, 15) is 4.79 Å². The first-order chi connectivity index (χ1) is 9.15. The quantitative estimate of drug-likeness (QED) is 0.860. The van der Waals surface area contributed by atoms with E-state index in [4.69, 9.17) is 0 Å². The fraction of sp³-hybridized carbons (Fsp3) is 0.286. The van der Waals surface area contributed by atoms with Crippen molar-refractivity contribution in [3.05, 3.63) is 42.7 Å². The number of carbonyl (C=O) groups is 1. The van der Waals surface area contributed by atoms with Crippen molar-refractivity contribution in [3.63, 3.8) is 0 Å². The molecule has 0 spiro atoms. The SMILES string of the molecule is CC(C)NCC(=O)Nc1ccc(-n2cccn2)cc1. The average Bonchev–Trinajstić information content (AvgIpc) is 2.91. The molecular weight excluding hydrogens is 240 g/mol. The van der Waals surface area contributed by atoms with E-state index in [0.717, 1.165) is 11.4 Å². The van der Waals surface area contributed by atoms with Crippen LogP contribution in [0.2, 0.25) is 0 Å². The number of rotatable bonds is 5. The summed E-state index contributed by atoms with van der Waals surface area (Å²) in [6, 6.07) is 9.73. The maximum Gasteiger partial charge on any atom is 0.238 e. The third-order valence-electron chi connectivity index (χ3n) is 2.59. The minimum atomic E-state index is -0.0412. The van der Waals surface area contributed by atoms with Crippen molar-refractivity contribution in [2.45, 2.75) is 19.9 Å². The molecule has 0 aliphatic rings. The number of amides is 1. The van der Waals surface area contributed by atoms with Crippen LogP contribution in [0.25, 0.3) is 5.69 Å². The number of nitrogens with zero attached hydrogens (tertiary/aromatic N) is 2. The molecule has 0 fully saturated rings. The van der Waals surface area contributed by atoms with Crippen LogP contribution in [-0.4, -0.2) is 28.3 Å². The molecular formula is C14H18N4O. The minimum absolute atomic E-state index is 0.0412. The zero-order valence-electron chi connectivity index (χ0n) is 11.1. The lowest BCUT2D eigenvalue weighted by atomic mass is 10.3. The van der Waals surface area contributed by atoms with Gasteiger partial charge in [0.15, 0.2) is 0 Å². The summed E-state index contributed by atoms with van der Waals surface area (Å²) < 4.78 is 1.77. The standard InChI is InChI=1S/C14H18N4O/c1-11(2)15-10-14(19)17-12-4-6-13(7-5-12)18-9-3-8-16-18/h3-9,11,15H,10H2,1-2H3,(H,17,19). The molecule has 19 heavy (non-hydrogen) atoms. The van der Waals surface area contributed by atoms with Crippen molar-refractivity contribution < 1.29 is 4.79 Å². The molecule has 2 rings (SSSR count). The summed E-state index contributed by atoms with van der Waals surface area (Å²) in [5, 5.41) is 10.1. The third kappa shape index (κ3) is 3.93. The second kappa shape index (κ2) is 6.15. The normalized spacial score (nSPS) is 10.7. The Labute approximate surface area is 112 Å². The molecule has 2 aromatic rings. The molecule has 0 aliphatic heterocycles. The molecule has 0 unspecified atom stereocenters. The van der Waals surface area contributed by atoms with Gasteiger partial charge in [-0.25, -0.2) is 4.68 Å². The van der Waals surface area contributed by atoms with Crippen LogP contribution in [0.3, 0.4) is 0 Å². The highest BCUT2D eigenvalue weighted by Gasteiger charge is 2.03. The highest BCUT2D eigenvalue weighted by molar-refractivity contribution is 5.92. The number of benzene rings is 1. The van der Waals surface area contributed by atoms with Crippen molar-refractivity contribution in [2.24, 2.45) is 0 Å². The zero-order chi connectivity index (χ0) is 13.7. The number of anilines is 1. The van der Waals surface area contributed by atoms with Crippen molar-refractivity contribution >= 4 is 11.6 Å². The van der Waals surface area contributed by atoms with Gasteiger partial charge in [0.05, 0.1) is 12.2 Å². The van der Waals surface area contributed by atoms with Crippen LogP contribution in [0.15, 0.2) is 42.7 Å². The largest absolute Gasteiger partial charge is 0.325 e. The van der Waals surface area contributed by atoms with Gasteiger partial charge in [0.25, 0.3) is 0 Å². The predicted molar refractivity (Wildman–Crippen MR) is 75.3 cm³/mol. The average molecular weight is 258 g/mol. The Morgan fingerprint density at radius 1 is 1.32 bits per heavy atom. The monoisotopic (exact) mass is 258 g/mol. The molecule has 0 aliphatic carbocycles. The molecule has 0 saturated carbocycles. The Morgan fingerprint density at radius 3 is 2.63 bits per heavy atom. The molecule has 100 valence electrons. The Morgan fingerprint density at radius 2 is 2.05 bits per heavy atom. The lowest BCUT2D eigenvalue weighted by Crippen LogP contribution is -2.32. The molecule has 5 nitrogen and oxygen atoms in total. The topological polar surface area (TPSA) is 59.0 Å². The number of nitrogens with one attached hydrogen (secondary N) is 2. The molecule has 0 saturated heterocycles. The molecule has 2 N–H and O–H groups in total. The Kier molecular flexibility index (Phi) is 4.30. The molecule has 0 bridgehead atoms. The molecule has 1 aromatic carbocycles. The van der Waals surface area contributed by atoms with Gasteiger partial charge in [-0.1, -0.05) is 13.8 Å². The minimum Gasteiger partial charge on any atom is -0.325 e. The Balaban J connectivity index is 1.94. The van der Waals surface area contributed by atoms with Crippen molar-refractivity contribution in [3.8, 4) is 5.69 Å². The van der Waals surface area contributed by atoms with E-state index in [1.165, 1.54) is 0 Å². The lowest BCUT2D eigenvalue weighted by molar-refractivity contribution is -0.115. The van der Waals surface area contributed by atoms with Crippen LogP contribution in [-0.2, 0) is 4.79 Å². The fourth-order valence-electron chi connectivity index (χ4n) is 1.62. The van der Waals surface area contributed by atoms with Crippen LogP contribution in [0, 0.1) is 0 Å². The van der Waals surface area contributed by atoms with E-state index >= 15 is 0 Å². The first kappa shape index (κ1) is 13.3. The molecule has 1 aromatic heterocycles. The number of hydrogen-bond acceptors (Lipinski definition) is 3. The smallest absolute Gasteiger partial charge is 0.238 e. The summed E-state index contributed by atoms with van der Waals surface area (Å²) in [6.07, 6.45) is 3.60. The van der Waals surface area contributed by atoms with Gasteiger partial charge < -0.3 is 10.6 Å². The van der Waals surface area contributed by atoms with E-state index in [1.807, 2.05) is 50.4 Å². The van der Waals surface area contributed by atoms with Crippen LogP contribution in [0.4, 0.5) is 5.69 Å². The van der Waals surface area contributed by atoms with Gasteiger partial charge >= 0.3 is 0 Å². The highest BCUT2D eigenvalue weighted by Crippen LogP contribution is 2.12. The third-order valence-corrected chi connectivity index (χ3v) is 2.59. The van der Waals surface area contributed by atoms with E-state index < -0.39 is 0 Å². The van der Waals surface area contributed by atoms with Crippen molar-refractivity contribution in [2.75, 3.05) is 11.9 Å². The van der Waals surface area contributed by atoms with Crippen LogP contribution in [0.5, 0.6) is 0 Å². The number of carbonyl (C=O) groups excluding carboxylic acids is 1. The van der Waals surface area contributed by atoms with E-state index in [-0.39, 0.29) is 5.91 Å². The molecule has 1 heterocycles. The van der Waals surface area contributed by atoms with Crippen molar-refractivity contribution in [1.82, 2.24) is 15.1 Å². The van der Waals surface area contributed by atoms with E-state index in [2.05, 4.69) is 15.7 Å². The summed E-state index contributed by atoms with van der Waals surface area (Å²) in [5.74, 6) is -0.0412. The second-order valence-electron chi connectivity index (χ2n) is 4.58. The first-order valence-corrected chi connectivity index (χ1v) is 6.28. The summed E-state index contributed by atoms with van der Waals surface area (Å²) >= 11 is 0. The van der Waals surface area contributed by atoms with Gasteiger partial charge in [0.2, 0.25) is 5.91 Å². The maximum atomic E-state index is 11.6. The number of aromatic nitrogens is 2. The van der Waals surface area contributed by atoms with E-state index in [0.29, 0.717) is 12.6 Å². The second-order valence-corrected chi connectivity index (χ2v) is 4.58. The van der Waals surface area contributed by atoms with Gasteiger partial charge in [0, 0.05) is 24.1 Å². The van der Waals surface area contributed by atoms with Gasteiger partial charge in [-0.15, -0.1) is 0 Å². The maximum absolute atomic E-state index is 11.6. The van der Waals surface area contributed by atoms with Gasteiger partial charge in [0.1, 0.15) is 0 Å². The van der Waals surface area contributed by atoms with Gasteiger partial charge in [-0.05, 0) is 30.3 Å². The zero-order valence-corrected chi connectivity index (χ0v) is 11.1. The van der Waals surface area contributed by atoms with Gasteiger partial charge in [-0.2, -0.15) is 5.10 Å². The lowest BCUT2D eigenvalue weighted by Gasteiger charge is -2.09. The summed E-state index contributed by atoms with van der Waals surface area (Å²) in [5.41, 5.74) is 1.75. The summed E-state index contributed by atoms with van der Waals surface area (Å²) in [7, 11) is 0. The van der Waals surface area contributed by atoms with Crippen LogP contribution in [0.1, 0.15) is 13.8 Å². The highest BCUT2D eigenvalue weighted by atomic mass is 16.1. The first-order valence-electron chi connectivity index (χ1n) is 6.28. The van der Waals surface area contributed by atoms with Gasteiger partial charge in [-0.3, -0.25) is 4.79 Å². The van der Waals surface area contributed by atoms with E-state index in [1.54, 1.807) is 10.9 Å². The predicted octanol–water partition coefficient (Wildman–Crippen LogP) is 1.81. The van der Waals surface area contributed by atoms with Crippen molar-refractivity contribution in [1.29, 1.82) is 0 Å². The molecule has 0 radical (unpaired) electrons. The Hall–Kier alpha value is -2.14. The number of hydrogen-bond donors (Lipinski definition) is 2. The van der Waals surface area contributed by atoms with Crippen LogP contribution < -0.4 is 10.6 Å². The fourth-order valence-corrected chi connectivity index (χ4v) is 1.62. The summed E-state index contributed by atoms with van der Waals surface area (Å²) in [4.78, 5) is 11.6. The van der Waals surface area contributed by atoms with Crippen LogP contribution >= 0.6 is 0 Å².